The van der Waals surface area contributed by atoms with Crippen LogP contribution in [-0.4, -0.2) is 38.2 Å². The first kappa shape index (κ1) is 17.0. The molecule has 1 amide bonds. The van der Waals surface area contributed by atoms with Crippen LogP contribution in [0.4, 0.5) is 10.1 Å². The quantitative estimate of drug-likeness (QED) is 0.566. The number of halogens is 2. The zero-order valence-electron chi connectivity index (χ0n) is 13.9. The number of esters is 1. The molecule has 0 aromatic heterocycles. The Labute approximate surface area is 153 Å². The lowest BCUT2D eigenvalue weighted by atomic mass is 9.91. The number of rotatable bonds is 3. The van der Waals surface area contributed by atoms with E-state index in [0.717, 1.165) is 0 Å². The van der Waals surface area contributed by atoms with Crippen LogP contribution < -0.4 is 4.90 Å². The Morgan fingerprint density at radius 3 is 2.68 bits per heavy atom. The number of fused-ring (bicyclic) bond motifs is 2. The highest BCUT2D eigenvalue weighted by Crippen LogP contribution is 2.61. The van der Waals surface area contributed by atoms with E-state index in [1.165, 1.54) is 13.2 Å². The van der Waals surface area contributed by atoms with Crippen LogP contribution in [0.1, 0.15) is 41.6 Å². The largest absolute Gasteiger partial charge is 0.468 e. The number of alkyl halides is 1. The van der Waals surface area contributed by atoms with Crippen LogP contribution in [0.15, 0.2) is 12.1 Å². The van der Waals surface area contributed by atoms with Gasteiger partial charge in [0.2, 0.25) is 5.91 Å². The summed E-state index contributed by atoms with van der Waals surface area (Å²) in [7, 11) is 1.31. The molecule has 2 fully saturated rings. The van der Waals surface area contributed by atoms with Crippen LogP contribution in [-0.2, 0) is 24.5 Å². The van der Waals surface area contributed by atoms with Crippen LogP contribution in [0.3, 0.4) is 0 Å². The first-order valence-corrected chi connectivity index (χ1v) is 9.39. The number of nitrogens with zero attached hydrogens (tertiary/aromatic N) is 1. The third kappa shape index (κ3) is 2.43. The van der Waals surface area contributed by atoms with Gasteiger partial charge >= 0.3 is 5.97 Å². The molecule has 1 saturated carbocycles. The minimum Gasteiger partial charge on any atom is -0.468 e. The number of carbonyl (C=O) groups is 2. The summed E-state index contributed by atoms with van der Waals surface area (Å²) >= 11 is 3.36. The van der Waals surface area contributed by atoms with Crippen molar-refractivity contribution in [3.63, 3.8) is 0 Å². The van der Waals surface area contributed by atoms with Crippen LogP contribution in [0, 0.1) is 5.82 Å². The summed E-state index contributed by atoms with van der Waals surface area (Å²) in [5.74, 6) is -0.904. The first-order chi connectivity index (χ1) is 12.0. The number of methoxy groups -OCH3 is 1. The van der Waals surface area contributed by atoms with Gasteiger partial charge in [-0.15, -0.1) is 0 Å². The molecule has 1 aromatic rings. The molecule has 5 nitrogen and oxygen atoms in total. The van der Waals surface area contributed by atoms with Crippen LogP contribution in [0.25, 0.3) is 0 Å². The van der Waals surface area contributed by atoms with Gasteiger partial charge in [-0.1, -0.05) is 22.0 Å². The second-order valence-electron chi connectivity index (χ2n) is 6.85. The molecular formula is C18H19BrFNO4. The van der Waals surface area contributed by atoms with E-state index < -0.39 is 22.0 Å². The summed E-state index contributed by atoms with van der Waals surface area (Å²) in [6.07, 6.45) is 2.77. The van der Waals surface area contributed by atoms with E-state index in [1.807, 2.05) is 0 Å². The molecule has 134 valence electrons. The summed E-state index contributed by atoms with van der Waals surface area (Å²) in [6, 6.07) is 2.87. The number of carbonyl (C=O) groups excluding carboxylic acids is 2. The van der Waals surface area contributed by atoms with Crippen molar-refractivity contribution >= 4 is 33.5 Å². The second-order valence-corrected chi connectivity index (χ2v) is 7.76. The lowest BCUT2D eigenvalue weighted by molar-refractivity contribution is -0.140. The van der Waals surface area contributed by atoms with E-state index >= 15 is 0 Å². The summed E-state index contributed by atoms with van der Waals surface area (Å²) < 4.78 is 25.0. The van der Waals surface area contributed by atoms with Gasteiger partial charge in [0.25, 0.3) is 0 Å². The van der Waals surface area contributed by atoms with Crippen LogP contribution in [0.2, 0.25) is 0 Å². The van der Waals surface area contributed by atoms with E-state index in [0.29, 0.717) is 55.7 Å². The number of hydrogen-bond donors (Lipinski definition) is 0. The van der Waals surface area contributed by atoms with Gasteiger partial charge in [0.05, 0.1) is 18.2 Å². The Hall–Kier alpha value is -1.47. The molecular weight excluding hydrogens is 393 g/mol. The lowest BCUT2D eigenvalue weighted by Crippen LogP contribution is -2.44. The summed E-state index contributed by atoms with van der Waals surface area (Å²) in [5.41, 5.74) is 0.964. The minimum atomic E-state index is -0.716. The number of ether oxygens (including phenoxy) is 2. The van der Waals surface area contributed by atoms with Crippen molar-refractivity contribution in [2.24, 2.45) is 0 Å². The fraction of sp³-hybridized carbons (Fsp3) is 0.556. The predicted molar refractivity (Wildman–Crippen MR) is 92.3 cm³/mol. The molecule has 1 atom stereocenters. The monoisotopic (exact) mass is 411 g/mol. The third-order valence-corrected chi connectivity index (χ3v) is 6.36. The standard InChI is InChI=1S/C18H19BrFNO4/c1-24-16(22)14(19)11-2-3-12(20)15-13(11)18(6-7-18)17(23)21(15)10-4-8-25-9-5-10/h2-3,10,14H,4-9H2,1H3. The smallest absolute Gasteiger partial charge is 0.324 e. The summed E-state index contributed by atoms with van der Waals surface area (Å²) in [5, 5.41) is 0. The second kappa shape index (κ2) is 6.06. The fourth-order valence-corrected chi connectivity index (χ4v) is 4.65. The Morgan fingerprint density at radius 2 is 2.08 bits per heavy atom. The third-order valence-electron chi connectivity index (χ3n) is 5.50. The molecule has 1 unspecified atom stereocenters. The van der Waals surface area contributed by atoms with E-state index in [1.54, 1.807) is 11.0 Å². The zero-order valence-corrected chi connectivity index (χ0v) is 15.5. The van der Waals surface area contributed by atoms with E-state index in [4.69, 9.17) is 9.47 Å². The molecule has 1 saturated heterocycles. The topological polar surface area (TPSA) is 55.8 Å². The highest BCUT2D eigenvalue weighted by atomic mass is 79.9. The van der Waals surface area contributed by atoms with Gasteiger partial charge in [-0.2, -0.15) is 0 Å². The molecule has 3 aliphatic rings. The molecule has 25 heavy (non-hydrogen) atoms. The van der Waals surface area contributed by atoms with Gasteiger partial charge in [-0.3, -0.25) is 9.59 Å². The molecule has 1 spiro atoms. The first-order valence-electron chi connectivity index (χ1n) is 8.47. The molecule has 0 bridgehead atoms. The van der Waals surface area contributed by atoms with Crippen molar-refractivity contribution in [2.75, 3.05) is 25.2 Å². The molecule has 1 aromatic carbocycles. The molecule has 0 radical (unpaired) electrons. The van der Waals surface area contributed by atoms with Gasteiger partial charge in [-0.25, -0.2) is 4.39 Å². The van der Waals surface area contributed by atoms with Crippen molar-refractivity contribution in [2.45, 2.75) is 42.0 Å². The zero-order chi connectivity index (χ0) is 17.8. The molecule has 4 rings (SSSR count). The van der Waals surface area contributed by atoms with E-state index in [2.05, 4.69) is 15.9 Å². The van der Waals surface area contributed by atoms with Gasteiger partial charge in [0.15, 0.2) is 0 Å². The maximum Gasteiger partial charge on any atom is 0.324 e. The highest BCUT2D eigenvalue weighted by Gasteiger charge is 2.62. The number of benzene rings is 1. The SMILES string of the molecule is COC(=O)C(Br)c1ccc(F)c2c1C1(CC1)C(=O)N2C1CCOCC1. The van der Waals surface area contributed by atoms with Crippen molar-refractivity contribution in [3.8, 4) is 0 Å². The van der Waals surface area contributed by atoms with Crippen LogP contribution in [0.5, 0.6) is 0 Å². The molecule has 7 heteroatoms. The van der Waals surface area contributed by atoms with Gasteiger partial charge < -0.3 is 14.4 Å². The molecule has 1 aliphatic carbocycles. The maximum atomic E-state index is 14.8. The average molecular weight is 412 g/mol. The van der Waals surface area contributed by atoms with Gasteiger partial charge in [0.1, 0.15) is 10.6 Å². The Morgan fingerprint density at radius 1 is 1.40 bits per heavy atom. The number of hydrogen-bond acceptors (Lipinski definition) is 4. The number of amides is 1. The normalized spacial score (nSPS) is 22.8. The van der Waals surface area contributed by atoms with E-state index in [-0.39, 0.29) is 11.9 Å². The van der Waals surface area contributed by atoms with Crippen molar-refractivity contribution in [1.82, 2.24) is 0 Å². The average Bonchev–Trinajstić information content (AvgIpc) is 3.39. The molecule has 0 N–H and O–H groups in total. The van der Waals surface area contributed by atoms with Crippen molar-refractivity contribution in [1.29, 1.82) is 0 Å². The number of anilines is 1. The highest BCUT2D eigenvalue weighted by molar-refractivity contribution is 9.09. The Balaban J connectivity index is 1.85. The maximum absolute atomic E-state index is 14.8. The van der Waals surface area contributed by atoms with E-state index in [9.17, 15) is 14.0 Å². The Kier molecular flexibility index (Phi) is 4.11. The predicted octanol–water partition coefficient (Wildman–Crippen LogP) is 2.99. The minimum absolute atomic E-state index is 0.0367. The summed E-state index contributed by atoms with van der Waals surface area (Å²) in [6.45, 7) is 1.14. The fourth-order valence-electron chi connectivity index (χ4n) is 4.08. The lowest BCUT2D eigenvalue weighted by Gasteiger charge is -2.32. The summed E-state index contributed by atoms with van der Waals surface area (Å²) in [4.78, 5) is 26.1. The van der Waals surface area contributed by atoms with Gasteiger partial charge in [0, 0.05) is 19.3 Å². The molecule has 2 aliphatic heterocycles. The van der Waals surface area contributed by atoms with Crippen molar-refractivity contribution in [3.05, 3.63) is 29.1 Å². The van der Waals surface area contributed by atoms with Crippen LogP contribution >= 0.6 is 15.9 Å². The Bertz CT molecular complexity index is 743. The van der Waals surface area contributed by atoms with Crippen molar-refractivity contribution < 1.29 is 23.5 Å². The molecule has 2 heterocycles. The van der Waals surface area contributed by atoms with Gasteiger partial charge in [-0.05, 0) is 42.9 Å².